The molecular formula is C20H12AsBrN3. The number of halogens is 1. The molecule has 1 N–H and O–H groups in total. The molecule has 0 amide bonds. The van der Waals surface area contributed by atoms with Crippen LogP contribution in [-0.2, 0) is 0 Å². The van der Waals surface area contributed by atoms with E-state index in [0.717, 1.165) is 25.5 Å². The number of aromatic nitrogens is 2. The van der Waals surface area contributed by atoms with Crippen molar-refractivity contribution in [1.82, 2.24) is 9.97 Å². The maximum absolute atomic E-state index is 9.56. The molecule has 2 aromatic carbocycles. The Kier molecular flexibility index (Phi) is 4.44. The summed E-state index contributed by atoms with van der Waals surface area (Å²) in [6, 6.07) is 19.0. The van der Waals surface area contributed by atoms with Gasteiger partial charge >= 0.3 is 161 Å². The van der Waals surface area contributed by atoms with Gasteiger partial charge in [0.05, 0.1) is 0 Å². The molecule has 0 aliphatic heterocycles. The average Bonchev–Trinajstić information content (AvgIpc) is 3.10. The molecular weight excluding hydrogens is 437 g/mol. The minimum atomic E-state index is -0.323. The second-order valence-electron chi connectivity index (χ2n) is 5.56. The molecule has 4 aromatic rings. The molecule has 0 atom stereocenters. The van der Waals surface area contributed by atoms with Crippen LogP contribution in [0.3, 0.4) is 0 Å². The Morgan fingerprint density at radius 1 is 1.04 bits per heavy atom. The number of hydrogen-bond donors (Lipinski definition) is 1. The summed E-state index contributed by atoms with van der Waals surface area (Å²) in [4.78, 5) is 7.49. The Morgan fingerprint density at radius 3 is 2.68 bits per heavy atom. The number of nitrogens with one attached hydrogen (secondary N) is 1. The van der Waals surface area contributed by atoms with E-state index in [4.69, 9.17) is 0 Å². The van der Waals surface area contributed by atoms with Gasteiger partial charge in [-0.15, -0.1) is 0 Å². The van der Waals surface area contributed by atoms with Gasteiger partial charge in [-0.3, -0.25) is 0 Å². The topological polar surface area (TPSA) is 52.5 Å². The van der Waals surface area contributed by atoms with E-state index in [1.165, 1.54) is 9.74 Å². The Morgan fingerprint density at radius 2 is 1.88 bits per heavy atom. The van der Waals surface area contributed by atoms with E-state index in [9.17, 15) is 5.26 Å². The Bertz CT molecular complexity index is 1090. The van der Waals surface area contributed by atoms with Gasteiger partial charge in [0.1, 0.15) is 0 Å². The van der Waals surface area contributed by atoms with Crippen LogP contribution in [-0.4, -0.2) is 25.7 Å². The third-order valence-corrected chi connectivity index (χ3v) is 7.10. The molecule has 2 heterocycles. The summed E-state index contributed by atoms with van der Waals surface area (Å²) in [7, 11) is 0. The van der Waals surface area contributed by atoms with Crippen molar-refractivity contribution in [2.45, 2.75) is 0 Å². The first-order chi connectivity index (χ1) is 12.2. The zero-order valence-corrected chi connectivity index (χ0v) is 16.5. The van der Waals surface area contributed by atoms with Crippen molar-refractivity contribution in [2.75, 3.05) is 0 Å². The third-order valence-electron chi connectivity index (χ3n) is 3.97. The van der Waals surface area contributed by atoms with E-state index >= 15 is 0 Å². The quantitative estimate of drug-likeness (QED) is 0.487. The number of H-pyrrole nitrogens is 1. The van der Waals surface area contributed by atoms with Crippen LogP contribution < -0.4 is 8.70 Å². The van der Waals surface area contributed by atoms with E-state index < -0.39 is 0 Å². The van der Waals surface area contributed by atoms with Gasteiger partial charge in [0.2, 0.25) is 0 Å². The van der Waals surface area contributed by atoms with E-state index in [-0.39, 0.29) is 15.8 Å². The molecule has 119 valence electrons. The summed E-state index contributed by atoms with van der Waals surface area (Å²) in [5.74, 6) is 0. The van der Waals surface area contributed by atoms with Gasteiger partial charge in [-0.25, -0.2) is 0 Å². The number of benzene rings is 2. The minimum absolute atomic E-state index is 0.323. The number of nitriles is 1. The van der Waals surface area contributed by atoms with E-state index in [0.29, 0.717) is 5.56 Å². The average molecular weight is 449 g/mol. The van der Waals surface area contributed by atoms with Crippen molar-refractivity contribution in [3.63, 3.8) is 0 Å². The predicted octanol–water partition coefficient (Wildman–Crippen LogP) is 3.52. The monoisotopic (exact) mass is 448 g/mol. The van der Waals surface area contributed by atoms with Gasteiger partial charge in [-0.05, 0) is 0 Å². The molecule has 0 aliphatic rings. The Labute approximate surface area is 160 Å². The van der Waals surface area contributed by atoms with Crippen molar-refractivity contribution in [3.8, 4) is 17.2 Å². The molecule has 5 heteroatoms. The second-order valence-corrected chi connectivity index (χ2v) is 8.97. The second kappa shape index (κ2) is 6.88. The molecule has 1 radical (unpaired) electrons. The molecule has 25 heavy (non-hydrogen) atoms. The fourth-order valence-electron chi connectivity index (χ4n) is 2.74. The zero-order valence-electron chi connectivity index (χ0n) is 13.1. The molecule has 2 aromatic heterocycles. The van der Waals surface area contributed by atoms with Gasteiger partial charge < -0.3 is 0 Å². The van der Waals surface area contributed by atoms with E-state index in [1.54, 1.807) is 6.20 Å². The summed E-state index contributed by atoms with van der Waals surface area (Å²) in [6.45, 7) is 0. The number of nitrogens with zero attached hydrogens (tertiary/aromatic N) is 2. The van der Waals surface area contributed by atoms with Crippen molar-refractivity contribution in [2.24, 2.45) is 0 Å². The maximum atomic E-state index is 9.56. The van der Waals surface area contributed by atoms with Crippen LogP contribution in [0.5, 0.6) is 0 Å². The van der Waals surface area contributed by atoms with E-state index in [1.807, 2.05) is 24.5 Å². The van der Waals surface area contributed by atoms with Gasteiger partial charge in [-0.2, -0.15) is 0 Å². The molecule has 0 aliphatic carbocycles. The van der Waals surface area contributed by atoms with Crippen molar-refractivity contribution < 1.29 is 0 Å². The van der Waals surface area contributed by atoms with Crippen LogP contribution >= 0.6 is 15.9 Å². The van der Waals surface area contributed by atoms with Crippen LogP contribution in [0, 0.1) is 11.3 Å². The van der Waals surface area contributed by atoms with Crippen molar-refractivity contribution >= 4 is 51.3 Å². The van der Waals surface area contributed by atoms with Crippen LogP contribution in [0.2, 0.25) is 0 Å². The fourth-order valence-corrected chi connectivity index (χ4v) is 5.41. The first-order valence-electron chi connectivity index (χ1n) is 7.67. The Balaban J connectivity index is 1.82. The summed E-state index contributed by atoms with van der Waals surface area (Å²) < 4.78 is 3.41. The third kappa shape index (κ3) is 3.26. The number of fused-ring (bicyclic) bond motifs is 1. The number of hydrogen-bond acceptors (Lipinski definition) is 2. The summed E-state index contributed by atoms with van der Waals surface area (Å²) >= 11 is 3.15. The first-order valence-corrected chi connectivity index (χ1v) is 10.3. The van der Waals surface area contributed by atoms with Crippen LogP contribution in [0.1, 0.15) is 5.56 Å². The van der Waals surface area contributed by atoms with Gasteiger partial charge in [0.25, 0.3) is 0 Å². The standard InChI is InChI=1S/C20H12AsBrN3/c22-17-4-1-13(2-5-17)18-12-24-11-15(10-23)20(18)21-16-3-6-19-14(9-16)7-8-25-19/h1-9,11-12,25H. The van der Waals surface area contributed by atoms with Gasteiger partial charge in [0.15, 0.2) is 0 Å². The van der Waals surface area contributed by atoms with Crippen LogP contribution in [0.25, 0.3) is 22.0 Å². The van der Waals surface area contributed by atoms with Crippen molar-refractivity contribution in [1.29, 1.82) is 5.26 Å². The molecule has 0 saturated heterocycles. The normalized spacial score (nSPS) is 11.2. The zero-order chi connectivity index (χ0) is 17.2. The predicted molar refractivity (Wildman–Crippen MR) is 105 cm³/mol. The summed E-state index contributed by atoms with van der Waals surface area (Å²) in [5.41, 5.74) is 3.92. The molecule has 0 bridgehead atoms. The van der Waals surface area contributed by atoms with Gasteiger partial charge in [0, 0.05) is 0 Å². The van der Waals surface area contributed by atoms with Crippen molar-refractivity contribution in [3.05, 3.63) is 77.2 Å². The molecule has 0 spiro atoms. The molecule has 0 fully saturated rings. The molecule has 3 nitrogen and oxygen atoms in total. The first kappa shape index (κ1) is 16.1. The fraction of sp³-hybridized carbons (Fsp3) is 0. The number of rotatable bonds is 3. The molecule has 0 saturated carbocycles. The number of pyridine rings is 1. The SMILES string of the molecule is N#Cc1cncc(-c2ccc(Br)cc2)c1[As]c1ccc2[nH]ccc2c1. The van der Waals surface area contributed by atoms with E-state index in [2.05, 4.69) is 68.4 Å². The Hall–Kier alpha value is -2.34. The molecule has 4 rings (SSSR count). The molecule has 0 unspecified atom stereocenters. The summed E-state index contributed by atoms with van der Waals surface area (Å²) in [6.07, 6.45) is 5.48. The van der Waals surface area contributed by atoms with Crippen LogP contribution in [0.4, 0.5) is 0 Å². The van der Waals surface area contributed by atoms with Crippen LogP contribution in [0.15, 0.2) is 71.6 Å². The van der Waals surface area contributed by atoms with Gasteiger partial charge in [-0.1, -0.05) is 0 Å². The number of aromatic amines is 1. The summed E-state index contributed by atoms with van der Waals surface area (Å²) in [5, 5.41) is 10.8.